The molecule has 0 amide bonds. The molecule has 4 fully saturated rings. The highest BCUT2D eigenvalue weighted by Crippen LogP contribution is 2.76. The van der Waals surface area contributed by atoms with Gasteiger partial charge in [-0.25, -0.2) is 0 Å². The minimum atomic E-state index is -1.09. The van der Waals surface area contributed by atoms with Crippen LogP contribution >= 0.6 is 0 Å². The van der Waals surface area contributed by atoms with Gasteiger partial charge in [-0.15, -0.1) is 0 Å². The number of hydrogen-bond acceptors (Lipinski definition) is 5. The lowest BCUT2D eigenvalue weighted by molar-refractivity contribution is -0.247. The highest BCUT2D eigenvalue weighted by Gasteiger charge is 2.72. The van der Waals surface area contributed by atoms with Crippen molar-refractivity contribution in [2.45, 2.75) is 111 Å². The van der Waals surface area contributed by atoms with Crippen molar-refractivity contribution < 1.29 is 30.3 Å². The number of carboxylic acids is 1. The maximum atomic E-state index is 12.8. The topological polar surface area (TPSA) is 118 Å². The first kappa shape index (κ1) is 26.6. The Hall–Kier alpha value is -0.950. The zero-order valence-corrected chi connectivity index (χ0v) is 23.0. The van der Waals surface area contributed by atoms with Gasteiger partial charge in [-0.3, -0.25) is 4.79 Å². The summed E-state index contributed by atoms with van der Waals surface area (Å²) < 4.78 is 0. The van der Waals surface area contributed by atoms with Crippen molar-refractivity contribution in [3.8, 4) is 0 Å². The molecule has 0 aliphatic heterocycles. The molecule has 6 nitrogen and oxygen atoms in total. The normalized spacial score (nSPS) is 58.6. The number of rotatable bonds is 2. The van der Waals surface area contributed by atoms with E-state index in [0.717, 1.165) is 37.7 Å². The van der Waals surface area contributed by atoms with Crippen LogP contribution in [0.4, 0.5) is 0 Å². The first-order valence-electron chi connectivity index (χ1n) is 14.2. The summed E-state index contributed by atoms with van der Waals surface area (Å²) in [6, 6.07) is 0. The van der Waals surface area contributed by atoms with Gasteiger partial charge >= 0.3 is 5.97 Å². The third-order valence-electron chi connectivity index (χ3n) is 13.6. The van der Waals surface area contributed by atoms with Gasteiger partial charge in [-0.1, -0.05) is 46.3 Å². The van der Waals surface area contributed by atoms with E-state index in [1.54, 1.807) is 0 Å². The molecule has 0 saturated heterocycles. The summed E-state index contributed by atoms with van der Waals surface area (Å²) in [7, 11) is 0. The van der Waals surface area contributed by atoms with E-state index in [1.165, 1.54) is 0 Å². The van der Waals surface area contributed by atoms with E-state index < -0.39 is 40.5 Å². The SMILES string of the molecule is CC1CCC2(C(=O)O)CCC3(C)C(=CCC4C5(C)CC(O)C(O)C(C)(CO)C5CCC43C)C2C1(C)O. The molecule has 12 atom stereocenters. The van der Waals surface area contributed by atoms with Crippen LogP contribution in [-0.4, -0.2) is 55.9 Å². The van der Waals surface area contributed by atoms with Gasteiger partial charge in [-0.05, 0) is 92.3 Å². The second-order valence-electron chi connectivity index (χ2n) is 14.7. The molecule has 5 aliphatic rings. The summed E-state index contributed by atoms with van der Waals surface area (Å²) in [6.07, 6.45) is 6.20. The van der Waals surface area contributed by atoms with E-state index in [4.69, 9.17) is 0 Å². The highest BCUT2D eigenvalue weighted by molar-refractivity contribution is 5.77. The van der Waals surface area contributed by atoms with Gasteiger partial charge in [0, 0.05) is 11.3 Å². The maximum absolute atomic E-state index is 12.8. The number of aliphatic carboxylic acids is 1. The summed E-state index contributed by atoms with van der Waals surface area (Å²) in [5.41, 5.74) is -2.28. The summed E-state index contributed by atoms with van der Waals surface area (Å²) in [4.78, 5) is 12.8. The molecule has 4 saturated carbocycles. The van der Waals surface area contributed by atoms with Crippen LogP contribution in [0.1, 0.15) is 92.9 Å². The van der Waals surface area contributed by atoms with Crippen LogP contribution in [0.3, 0.4) is 0 Å². The number of fused-ring (bicyclic) bond motifs is 7. The number of carboxylic acid groups (broad SMARTS) is 1. The molecule has 0 aromatic carbocycles. The Morgan fingerprint density at radius 3 is 2.28 bits per heavy atom. The highest BCUT2D eigenvalue weighted by atomic mass is 16.4. The summed E-state index contributed by atoms with van der Waals surface area (Å²) >= 11 is 0. The standard InChI is InChI=1S/C30H48O6/c1-17-9-12-30(24(34)35)14-13-27(4)18(22(30)29(17,6)36)7-8-21-25(2)15-19(32)23(33)26(3,16-31)20(25)10-11-28(21,27)5/h7,17,19-23,31-33,36H,8-16H2,1-6H3,(H,34,35). The second kappa shape index (κ2) is 7.80. The fourth-order valence-corrected chi connectivity index (χ4v) is 11.0. The van der Waals surface area contributed by atoms with Gasteiger partial charge in [0.15, 0.2) is 0 Å². The molecule has 5 rings (SSSR count). The fraction of sp³-hybridized carbons (Fsp3) is 0.900. The monoisotopic (exact) mass is 504 g/mol. The smallest absolute Gasteiger partial charge is 0.310 e. The predicted octanol–water partition coefficient (Wildman–Crippen LogP) is 4.15. The van der Waals surface area contributed by atoms with E-state index in [1.807, 2.05) is 13.8 Å². The molecular formula is C30H48O6. The van der Waals surface area contributed by atoms with Crippen molar-refractivity contribution in [3.05, 3.63) is 11.6 Å². The first-order chi connectivity index (χ1) is 16.6. The van der Waals surface area contributed by atoms with Crippen LogP contribution in [0.5, 0.6) is 0 Å². The van der Waals surface area contributed by atoms with Crippen molar-refractivity contribution in [2.24, 2.45) is 50.7 Å². The number of carbonyl (C=O) groups is 1. The zero-order chi connectivity index (χ0) is 26.7. The van der Waals surface area contributed by atoms with Crippen molar-refractivity contribution in [3.63, 3.8) is 0 Å². The third-order valence-corrected chi connectivity index (χ3v) is 13.6. The van der Waals surface area contributed by atoms with Gasteiger partial charge in [0.2, 0.25) is 0 Å². The largest absolute Gasteiger partial charge is 0.481 e. The molecular weight excluding hydrogens is 456 g/mol. The lowest BCUT2D eigenvalue weighted by Gasteiger charge is -2.72. The number of allylic oxidation sites excluding steroid dienone is 1. The molecule has 0 radical (unpaired) electrons. The molecule has 0 spiro atoms. The van der Waals surface area contributed by atoms with Crippen LogP contribution in [0.2, 0.25) is 0 Å². The van der Waals surface area contributed by atoms with E-state index in [9.17, 15) is 30.3 Å². The lowest BCUT2D eigenvalue weighted by Crippen LogP contribution is -2.69. The van der Waals surface area contributed by atoms with Gasteiger partial charge in [-0.2, -0.15) is 0 Å². The minimum absolute atomic E-state index is 0.0252. The molecule has 0 heterocycles. The second-order valence-corrected chi connectivity index (χ2v) is 14.7. The maximum Gasteiger partial charge on any atom is 0.310 e. The number of aliphatic hydroxyl groups excluding tert-OH is 3. The average Bonchev–Trinajstić information content (AvgIpc) is 2.80. The van der Waals surface area contributed by atoms with E-state index in [2.05, 4.69) is 33.8 Å². The van der Waals surface area contributed by atoms with Crippen LogP contribution in [0.15, 0.2) is 11.6 Å². The molecule has 6 heteroatoms. The van der Waals surface area contributed by atoms with Crippen molar-refractivity contribution >= 4 is 5.97 Å². The Kier molecular flexibility index (Phi) is 5.77. The lowest BCUT2D eigenvalue weighted by atomic mass is 9.33. The summed E-state index contributed by atoms with van der Waals surface area (Å²) in [6.45, 7) is 12.6. The molecule has 12 unspecified atom stereocenters. The molecule has 36 heavy (non-hydrogen) atoms. The Bertz CT molecular complexity index is 974. The van der Waals surface area contributed by atoms with Gasteiger partial charge in [0.1, 0.15) is 0 Å². The Balaban J connectivity index is 1.65. The fourth-order valence-electron chi connectivity index (χ4n) is 11.0. The van der Waals surface area contributed by atoms with E-state index in [0.29, 0.717) is 19.3 Å². The molecule has 0 aromatic heterocycles. The van der Waals surface area contributed by atoms with E-state index in [-0.39, 0.29) is 40.6 Å². The summed E-state index contributed by atoms with van der Waals surface area (Å²) in [5, 5.41) is 54.8. The Labute approximate surface area is 216 Å². The van der Waals surface area contributed by atoms with Crippen LogP contribution in [0.25, 0.3) is 0 Å². The van der Waals surface area contributed by atoms with Crippen LogP contribution < -0.4 is 0 Å². The Morgan fingerprint density at radius 1 is 1.00 bits per heavy atom. The molecule has 5 N–H and O–H groups in total. The molecule has 0 bridgehead atoms. The van der Waals surface area contributed by atoms with Crippen molar-refractivity contribution in [1.29, 1.82) is 0 Å². The average molecular weight is 505 g/mol. The summed E-state index contributed by atoms with van der Waals surface area (Å²) in [5.74, 6) is -0.834. The van der Waals surface area contributed by atoms with Crippen molar-refractivity contribution in [1.82, 2.24) is 0 Å². The first-order valence-corrected chi connectivity index (χ1v) is 14.2. The van der Waals surface area contributed by atoms with Crippen LogP contribution in [-0.2, 0) is 4.79 Å². The molecule has 5 aliphatic carbocycles. The Morgan fingerprint density at radius 2 is 1.67 bits per heavy atom. The quantitative estimate of drug-likeness (QED) is 0.361. The number of aliphatic hydroxyl groups is 4. The molecule has 0 aromatic rings. The zero-order valence-electron chi connectivity index (χ0n) is 23.0. The van der Waals surface area contributed by atoms with Crippen molar-refractivity contribution in [2.75, 3.05) is 6.61 Å². The third kappa shape index (κ3) is 2.91. The van der Waals surface area contributed by atoms with Crippen LogP contribution in [0, 0.1) is 50.7 Å². The van der Waals surface area contributed by atoms with Gasteiger partial charge in [0.25, 0.3) is 0 Å². The van der Waals surface area contributed by atoms with E-state index >= 15 is 0 Å². The predicted molar refractivity (Wildman–Crippen MR) is 137 cm³/mol. The van der Waals surface area contributed by atoms with Gasteiger partial charge in [0.05, 0.1) is 29.8 Å². The number of hydrogen-bond donors (Lipinski definition) is 5. The minimum Gasteiger partial charge on any atom is -0.481 e. The molecule has 204 valence electrons. The van der Waals surface area contributed by atoms with Gasteiger partial charge < -0.3 is 25.5 Å².